The zero-order valence-corrected chi connectivity index (χ0v) is 14.5. The number of halogens is 1. The summed E-state index contributed by atoms with van der Waals surface area (Å²) in [5.74, 6) is 0.518. The molecule has 0 saturated carbocycles. The summed E-state index contributed by atoms with van der Waals surface area (Å²) in [5.41, 5.74) is 4.51. The van der Waals surface area contributed by atoms with Crippen LogP contribution in [0.5, 0.6) is 0 Å². The van der Waals surface area contributed by atoms with Crippen LogP contribution >= 0.6 is 22.9 Å². The van der Waals surface area contributed by atoms with Crippen LogP contribution in [0.15, 0.2) is 35.2 Å². The summed E-state index contributed by atoms with van der Waals surface area (Å²) in [4.78, 5) is 4.42. The number of hydrogen-bond donors (Lipinski definition) is 1. The summed E-state index contributed by atoms with van der Waals surface area (Å²) in [5, 5.41) is 6.56. The molecule has 0 saturated heterocycles. The fraction of sp³-hybridized carbons (Fsp3) is 0.471. The molecule has 2 rings (SSSR count). The van der Waals surface area contributed by atoms with Crippen molar-refractivity contribution in [1.29, 1.82) is 0 Å². The van der Waals surface area contributed by atoms with E-state index in [4.69, 9.17) is 11.6 Å². The van der Waals surface area contributed by atoms with Crippen LogP contribution in [-0.4, -0.2) is 17.1 Å². The normalized spacial score (nSPS) is 13.3. The van der Waals surface area contributed by atoms with Gasteiger partial charge in [-0.05, 0) is 63.8 Å². The highest BCUT2D eigenvalue weighted by Gasteiger charge is 2.16. The summed E-state index contributed by atoms with van der Waals surface area (Å²) in [7, 11) is 0. The van der Waals surface area contributed by atoms with Gasteiger partial charge in [-0.25, -0.2) is 4.98 Å². The highest BCUT2D eigenvalue weighted by Crippen LogP contribution is 2.18. The topological polar surface area (TPSA) is 24.9 Å². The first-order chi connectivity index (χ1) is 9.92. The molecule has 0 spiro atoms. The van der Waals surface area contributed by atoms with Crippen molar-refractivity contribution in [3.05, 3.63) is 51.4 Å². The summed E-state index contributed by atoms with van der Waals surface area (Å²) in [6, 6.07) is 8.16. The molecular weight excluding hydrogens is 300 g/mol. The average Bonchev–Trinajstić information content (AvgIpc) is 2.88. The summed E-state index contributed by atoms with van der Waals surface area (Å²) in [6.07, 6.45) is 2.01. The van der Waals surface area contributed by atoms with E-state index in [1.165, 1.54) is 11.3 Å². The number of rotatable bonds is 6. The first kappa shape index (κ1) is 16.5. The number of nitrogens with one attached hydrogen (secondary N) is 1. The van der Waals surface area contributed by atoms with Gasteiger partial charge in [-0.1, -0.05) is 23.7 Å². The smallest absolute Gasteiger partial charge is 0.0794 e. The predicted molar refractivity (Wildman–Crippen MR) is 92.2 cm³/mol. The summed E-state index contributed by atoms with van der Waals surface area (Å²) in [6.45, 7) is 7.58. The van der Waals surface area contributed by atoms with Crippen molar-refractivity contribution in [3.8, 4) is 0 Å². The predicted octanol–water partition coefficient (Wildman–Crippen LogP) is 4.59. The van der Waals surface area contributed by atoms with Crippen molar-refractivity contribution < 1.29 is 0 Å². The Morgan fingerprint density at radius 3 is 2.71 bits per heavy atom. The van der Waals surface area contributed by atoms with Gasteiger partial charge in [0.2, 0.25) is 0 Å². The lowest BCUT2D eigenvalue weighted by Gasteiger charge is -2.25. The molecular formula is C17H23ClN2S. The van der Waals surface area contributed by atoms with E-state index in [0.717, 1.165) is 24.4 Å². The maximum Gasteiger partial charge on any atom is 0.0794 e. The molecule has 4 heteroatoms. The van der Waals surface area contributed by atoms with Gasteiger partial charge in [0, 0.05) is 15.9 Å². The van der Waals surface area contributed by atoms with E-state index in [1.807, 2.05) is 17.6 Å². The zero-order chi connectivity index (χ0) is 15.3. The summed E-state index contributed by atoms with van der Waals surface area (Å²) >= 11 is 7.76. The molecule has 2 nitrogen and oxygen atoms in total. The lowest BCUT2D eigenvalue weighted by molar-refractivity contribution is 0.366. The average molecular weight is 323 g/mol. The number of thiazole rings is 1. The molecule has 1 heterocycles. The Labute approximate surface area is 136 Å². The SMILES string of the molecule is CC(C)(C)NCC(Cc1cccc(Cl)c1)Cc1cscn1. The first-order valence-corrected chi connectivity index (χ1v) is 8.61. The quantitative estimate of drug-likeness (QED) is 0.841. The standard InChI is InChI=1S/C17H23ClN2S/c1-17(2,3)20-10-14(9-16-11-21-12-19-16)7-13-5-4-6-15(18)8-13/h4-6,8,11-12,14,20H,7,9-10H2,1-3H3. The molecule has 1 aromatic heterocycles. The molecule has 0 aliphatic heterocycles. The molecule has 0 aliphatic rings. The van der Waals surface area contributed by atoms with E-state index in [-0.39, 0.29) is 5.54 Å². The van der Waals surface area contributed by atoms with Crippen molar-refractivity contribution in [2.24, 2.45) is 5.92 Å². The maximum absolute atomic E-state index is 6.09. The highest BCUT2D eigenvalue weighted by molar-refractivity contribution is 7.07. The summed E-state index contributed by atoms with van der Waals surface area (Å²) < 4.78 is 0. The van der Waals surface area contributed by atoms with Crippen LogP contribution in [0.3, 0.4) is 0 Å². The van der Waals surface area contributed by atoms with Gasteiger partial charge in [0.25, 0.3) is 0 Å². The van der Waals surface area contributed by atoms with E-state index in [9.17, 15) is 0 Å². The Morgan fingerprint density at radius 1 is 1.29 bits per heavy atom. The van der Waals surface area contributed by atoms with E-state index in [2.05, 4.69) is 48.6 Å². The van der Waals surface area contributed by atoms with Gasteiger partial charge in [0.05, 0.1) is 11.2 Å². The highest BCUT2D eigenvalue weighted by atomic mass is 35.5. The van der Waals surface area contributed by atoms with Gasteiger partial charge in [0.1, 0.15) is 0 Å². The third-order valence-corrected chi connectivity index (χ3v) is 4.19. The van der Waals surface area contributed by atoms with Crippen molar-refractivity contribution in [2.45, 2.75) is 39.2 Å². The van der Waals surface area contributed by atoms with Crippen LogP contribution in [0, 0.1) is 5.92 Å². The van der Waals surface area contributed by atoms with Gasteiger partial charge in [0.15, 0.2) is 0 Å². The molecule has 1 N–H and O–H groups in total. The van der Waals surface area contributed by atoms with Crippen LogP contribution < -0.4 is 5.32 Å². The Hall–Kier alpha value is -0.900. The van der Waals surface area contributed by atoms with E-state index in [0.29, 0.717) is 5.92 Å². The van der Waals surface area contributed by atoms with Gasteiger partial charge in [-0.3, -0.25) is 0 Å². The molecule has 0 aliphatic carbocycles. The lowest BCUT2D eigenvalue weighted by atomic mass is 9.94. The molecule has 1 unspecified atom stereocenters. The Bertz CT molecular complexity index is 546. The van der Waals surface area contributed by atoms with Crippen molar-refractivity contribution in [3.63, 3.8) is 0 Å². The molecule has 0 radical (unpaired) electrons. The van der Waals surface area contributed by atoms with Crippen LogP contribution in [0.1, 0.15) is 32.0 Å². The monoisotopic (exact) mass is 322 g/mol. The second-order valence-corrected chi connectivity index (χ2v) is 7.67. The first-order valence-electron chi connectivity index (χ1n) is 7.29. The molecule has 1 aromatic carbocycles. The molecule has 0 bridgehead atoms. The van der Waals surface area contributed by atoms with Crippen LogP contribution in [0.25, 0.3) is 0 Å². The Kier molecular flexibility index (Phi) is 5.80. The minimum absolute atomic E-state index is 0.134. The van der Waals surface area contributed by atoms with Gasteiger partial charge in [-0.2, -0.15) is 0 Å². The molecule has 1 atom stereocenters. The van der Waals surface area contributed by atoms with Crippen molar-refractivity contribution >= 4 is 22.9 Å². The second kappa shape index (κ2) is 7.39. The van der Waals surface area contributed by atoms with Crippen molar-refractivity contribution in [2.75, 3.05) is 6.54 Å². The second-order valence-electron chi connectivity index (χ2n) is 6.51. The zero-order valence-electron chi connectivity index (χ0n) is 12.9. The van der Waals surface area contributed by atoms with Gasteiger partial charge >= 0.3 is 0 Å². The minimum atomic E-state index is 0.134. The van der Waals surface area contributed by atoms with Crippen LogP contribution in [0.2, 0.25) is 5.02 Å². The Balaban J connectivity index is 2.03. The van der Waals surface area contributed by atoms with E-state index in [1.54, 1.807) is 11.3 Å². The fourth-order valence-corrected chi connectivity index (χ4v) is 3.08. The number of benzene rings is 1. The largest absolute Gasteiger partial charge is 0.312 e. The third kappa shape index (κ3) is 6.16. The molecule has 114 valence electrons. The van der Waals surface area contributed by atoms with E-state index >= 15 is 0 Å². The maximum atomic E-state index is 6.09. The molecule has 0 amide bonds. The van der Waals surface area contributed by atoms with Gasteiger partial charge in [-0.15, -0.1) is 11.3 Å². The Morgan fingerprint density at radius 2 is 2.10 bits per heavy atom. The van der Waals surface area contributed by atoms with Crippen LogP contribution in [-0.2, 0) is 12.8 Å². The number of hydrogen-bond acceptors (Lipinski definition) is 3. The molecule has 21 heavy (non-hydrogen) atoms. The third-order valence-electron chi connectivity index (χ3n) is 3.32. The lowest BCUT2D eigenvalue weighted by Crippen LogP contribution is -2.40. The number of aromatic nitrogens is 1. The number of nitrogens with zero attached hydrogens (tertiary/aromatic N) is 1. The van der Waals surface area contributed by atoms with Crippen LogP contribution in [0.4, 0.5) is 0 Å². The van der Waals surface area contributed by atoms with Crippen molar-refractivity contribution in [1.82, 2.24) is 10.3 Å². The molecule has 0 fully saturated rings. The van der Waals surface area contributed by atoms with E-state index < -0.39 is 0 Å². The van der Waals surface area contributed by atoms with Gasteiger partial charge < -0.3 is 5.32 Å². The fourth-order valence-electron chi connectivity index (χ4n) is 2.30. The molecule has 2 aromatic rings. The minimum Gasteiger partial charge on any atom is -0.312 e.